The molecule has 0 heterocycles. The second-order valence-corrected chi connectivity index (χ2v) is 4.65. The molecule has 1 atom stereocenters. The first-order valence-electron chi connectivity index (χ1n) is 5.83. The Bertz CT molecular complexity index is 493. The number of methoxy groups -OCH3 is 1. The summed E-state index contributed by atoms with van der Waals surface area (Å²) in [5.74, 6) is 0.860. The largest absolute Gasteiger partial charge is 0.497 e. The van der Waals surface area contributed by atoms with Crippen LogP contribution in [-0.2, 0) is 6.42 Å². The molecule has 0 fully saturated rings. The van der Waals surface area contributed by atoms with Crippen LogP contribution in [0.1, 0.15) is 17.2 Å². The maximum absolute atomic E-state index is 6.17. The quantitative estimate of drug-likeness (QED) is 0.913. The lowest BCUT2D eigenvalue weighted by Crippen LogP contribution is -2.13. The highest BCUT2D eigenvalue weighted by molar-refractivity contribution is 6.30. The number of hydrogen-bond donors (Lipinski definition) is 1. The van der Waals surface area contributed by atoms with E-state index in [9.17, 15) is 0 Å². The lowest BCUT2D eigenvalue weighted by molar-refractivity contribution is 0.414. The van der Waals surface area contributed by atoms with Gasteiger partial charge >= 0.3 is 0 Å². The molecule has 0 amide bonds. The van der Waals surface area contributed by atoms with Crippen molar-refractivity contribution in [2.24, 2.45) is 5.73 Å². The molecule has 3 heteroatoms. The van der Waals surface area contributed by atoms with Gasteiger partial charge in [-0.1, -0.05) is 35.9 Å². The molecule has 0 saturated heterocycles. The van der Waals surface area contributed by atoms with Crippen molar-refractivity contribution in [1.29, 1.82) is 0 Å². The average molecular weight is 262 g/mol. The SMILES string of the molecule is COc1ccc(CC(N)c2ccc(Cl)cc2)cc1. The summed E-state index contributed by atoms with van der Waals surface area (Å²) < 4.78 is 5.13. The van der Waals surface area contributed by atoms with Crippen LogP contribution in [0, 0.1) is 0 Å². The molecule has 0 aromatic heterocycles. The fourth-order valence-electron chi connectivity index (χ4n) is 1.84. The molecule has 2 rings (SSSR count). The normalized spacial score (nSPS) is 12.2. The molecule has 2 N–H and O–H groups in total. The van der Waals surface area contributed by atoms with Crippen LogP contribution < -0.4 is 10.5 Å². The first-order valence-corrected chi connectivity index (χ1v) is 6.21. The number of halogens is 1. The Kier molecular flexibility index (Phi) is 4.24. The van der Waals surface area contributed by atoms with Crippen LogP contribution in [0.25, 0.3) is 0 Å². The third-order valence-corrected chi connectivity index (χ3v) is 3.16. The molecule has 0 spiro atoms. The zero-order valence-corrected chi connectivity index (χ0v) is 11.0. The van der Waals surface area contributed by atoms with Crippen molar-refractivity contribution in [3.8, 4) is 5.75 Å². The minimum absolute atomic E-state index is 0.0179. The summed E-state index contributed by atoms with van der Waals surface area (Å²) in [6.45, 7) is 0. The fraction of sp³-hybridized carbons (Fsp3) is 0.200. The van der Waals surface area contributed by atoms with Crippen LogP contribution in [0.15, 0.2) is 48.5 Å². The van der Waals surface area contributed by atoms with Crippen LogP contribution in [0.3, 0.4) is 0 Å². The number of benzene rings is 2. The van der Waals surface area contributed by atoms with Gasteiger partial charge in [0.2, 0.25) is 0 Å². The van der Waals surface area contributed by atoms with Crippen molar-refractivity contribution in [2.75, 3.05) is 7.11 Å². The zero-order chi connectivity index (χ0) is 13.0. The minimum atomic E-state index is -0.0179. The van der Waals surface area contributed by atoms with Gasteiger partial charge in [0.25, 0.3) is 0 Å². The summed E-state index contributed by atoms with van der Waals surface area (Å²) in [5, 5.41) is 0.732. The third kappa shape index (κ3) is 3.25. The lowest BCUT2D eigenvalue weighted by atomic mass is 10.00. The van der Waals surface area contributed by atoms with Crippen LogP contribution >= 0.6 is 11.6 Å². The van der Waals surface area contributed by atoms with Gasteiger partial charge in [-0.2, -0.15) is 0 Å². The summed E-state index contributed by atoms with van der Waals surface area (Å²) in [4.78, 5) is 0. The van der Waals surface area contributed by atoms with Gasteiger partial charge in [0.1, 0.15) is 5.75 Å². The van der Waals surface area contributed by atoms with Gasteiger partial charge in [0.05, 0.1) is 7.11 Å². The summed E-state index contributed by atoms with van der Waals surface area (Å²) in [6, 6.07) is 15.6. The number of rotatable bonds is 4. The number of nitrogens with two attached hydrogens (primary N) is 1. The van der Waals surface area contributed by atoms with E-state index in [0.29, 0.717) is 0 Å². The predicted molar refractivity (Wildman–Crippen MR) is 75.1 cm³/mol. The van der Waals surface area contributed by atoms with Crippen LogP contribution in [0.4, 0.5) is 0 Å². The molecule has 2 aromatic carbocycles. The summed E-state index contributed by atoms with van der Waals surface area (Å²) >= 11 is 5.86. The highest BCUT2D eigenvalue weighted by Crippen LogP contribution is 2.20. The van der Waals surface area contributed by atoms with E-state index in [1.54, 1.807) is 7.11 Å². The molecular formula is C15H16ClNO. The van der Waals surface area contributed by atoms with Gasteiger partial charge in [-0.05, 0) is 41.8 Å². The summed E-state index contributed by atoms with van der Waals surface area (Å²) in [6.07, 6.45) is 0.797. The number of hydrogen-bond acceptors (Lipinski definition) is 2. The highest BCUT2D eigenvalue weighted by Gasteiger charge is 2.07. The van der Waals surface area contributed by atoms with E-state index in [2.05, 4.69) is 0 Å². The lowest BCUT2D eigenvalue weighted by Gasteiger charge is -2.12. The van der Waals surface area contributed by atoms with Gasteiger partial charge in [0.15, 0.2) is 0 Å². The van der Waals surface area contributed by atoms with E-state index in [1.165, 1.54) is 5.56 Å². The third-order valence-electron chi connectivity index (χ3n) is 2.91. The first kappa shape index (κ1) is 12.9. The molecule has 1 unspecified atom stereocenters. The van der Waals surface area contributed by atoms with Gasteiger partial charge in [-0.3, -0.25) is 0 Å². The standard InChI is InChI=1S/C15H16ClNO/c1-18-14-8-2-11(3-9-14)10-15(17)12-4-6-13(16)7-5-12/h2-9,15H,10,17H2,1H3. The van der Waals surface area contributed by atoms with E-state index >= 15 is 0 Å². The Balaban J connectivity index is 2.05. The maximum atomic E-state index is 6.17. The first-order chi connectivity index (χ1) is 8.69. The van der Waals surface area contributed by atoms with Gasteiger partial charge in [0, 0.05) is 11.1 Å². The molecule has 94 valence electrons. The van der Waals surface area contributed by atoms with E-state index < -0.39 is 0 Å². The van der Waals surface area contributed by atoms with E-state index in [-0.39, 0.29) is 6.04 Å². The van der Waals surface area contributed by atoms with Gasteiger partial charge in [-0.15, -0.1) is 0 Å². The Morgan fingerprint density at radius 2 is 1.67 bits per heavy atom. The molecular weight excluding hydrogens is 246 g/mol. The molecule has 0 saturated carbocycles. The Labute approximate surface area is 112 Å². The van der Waals surface area contributed by atoms with Crippen LogP contribution in [0.5, 0.6) is 5.75 Å². The Hall–Kier alpha value is -1.51. The van der Waals surface area contributed by atoms with E-state index in [4.69, 9.17) is 22.1 Å². The Morgan fingerprint density at radius 1 is 1.06 bits per heavy atom. The monoisotopic (exact) mass is 261 g/mol. The minimum Gasteiger partial charge on any atom is -0.497 e. The van der Waals surface area contributed by atoms with Gasteiger partial charge in [-0.25, -0.2) is 0 Å². The van der Waals surface area contributed by atoms with Crippen molar-refractivity contribution >= 4 is 11.6 Å². The fourth-order valence-corrected chi connectivity index (χ4v) is 1.97. The molecule has 0 bridgehead atoms. The molecule has 0 aliphatic heterocycles. The van der Waals surface area contributed by atoms with Crippen molar-refractivity contribution in [1.82, 2.24) is 0 Å². The van der Waals surface area contributed by atoms with Crippen molar-refractivity contribution in [3.63, 3.8) is 0 Å². The second-order valence-electron chi connectivity index (χ2n) is 4.21. The zero-order valence-electron chi connectivity index (χ0n) is 10.3. The van der Waals surface area contributed by atoms with Gasteiger partial charge < -0.3 is 10.5 Å². The number of ether oxygens (including phenoxy) is 1. The van der Waals surface area contributed by atoms with E-state index in [1.807, 2.05) is 48.5 Å². The summed E-state index contributed by atoms with van der Waals surface area (Å²) in [7, 11) is 1.66. The molecule has 2 aromatic rings. The van der Waals surface area contributed by atoms with E-state index in [0.717, 1.165) is 22.8 Å². The van der Waals surface area contributed by atoms with Crippen molar-refractivity contribution in [2.45, 2.75) is 12.5 Å². The Morgan fingerprint density at radius 3 is 2.22 bits per heavy atom. The van der Waals surface area contributed by atoms with Crippen molar-refractivity contribution < 1.29 is 4.74 Å². The summed E-state index contributed by atoms with van der Waals surface area (Å²) in [5.41, 5.74) is 8.46. The molecule has 2 nitrogen and oxygen atoms in total. The molecule has 0 radical (unpaired) electrons. The smallest absolute Gasteiger partial charge is 0.118 e. The van der Waals surface area contributed by atoms with Crippen LogP contribution in [-0.4, -0.2) is 7.11 Å². The predicted octanol–water partition coefficient (Wildman–Crippen LogP) is 3.59. The average Bonchev–Trinajstić information content (AvgIpc) is 2.40. The molecule has 0 aliphatic carbocycles. The van der Waals surface area contributed by atoms with Crippen molar-refractivity contribution in [3.05, 3.63) is 64.7 Å². The topological polar surface area (TPSA) is 35.2 Å². The highest BCUT2D eigenvalue weighted by atomic mass is 35.5. The molecule has 18 heavy (non-hydrogen) atoms. The second kappa shape index (κ2) is 5.89. The maximum Gasteiger partial charge on any atom is 0.118 e. The van der Waals surface area contributed by atoms with Crippen LogP contribution in [0.2, 0.25) is 5.02 Å². The molecule has 0 aliphatic rings.